The van der Waals surface area contributed by atoms with Gasteiger partial charge >= 0.3 is 5.69 Å². The largest absolute Gasteiger partial charge is 0.487 e. The molecule has 22 heavy (non-hydrogen) atoms. The number of rotatable bonds is 7. The van der Waals surface area contributed by atoms with Gasteiger partial charge in [0.25, 0.3) is 0 Å². The van der Waals surface area contributed by atoms with Gasteiger partial charge in [-0.1, -0.05) is 39.0 Å². The molecule has 1 saturated carbocycles. The highest BCUT2D eigenvalue weighted by Crippen LogP contribution is 2.33. The van der Waals surface area contributed by atoms with Crippen LogP contribution in [0.5, 0.6) is 5.75 Å². The van der Waals surface area contributed by atoms with Crippen LogP contribution in [-0.2, 0) is 0 Å². The van der Waals surface area contributed by atoms with E-state index in [9.17, 15) is 14.9 Å². The summed E-state index contributed by atoms with van der Waals surface area (Å²) in [5.41, 5.74) is 0.154. The number of hydrogen-bond acceptors (Lipinski definition) is 4. The lowest BCUT2D eigenvalue weighted by atomic mass is 9.79. The number of ether oxygens (including phenoxy) is 1. The molecule has 1 unspecified atom stereocenters. The molecular weight excluding hydrogens is 282 g/mol. The first-order valence-corrected chi connectivity index (χ1v) is 8.02. The lowest BCUT2D eigenvalue weighted by Crippen LogP contribution is -2.23. The molecule has 1 aromatic rings. The molecule has 2 rings (SSSR count). The predicted molar refractivity (Wildman–Crippen MR) is 84.3 cm³/mol. The third-order valence-electron chi connectivity index (χ3n) is 4.61. The van der Waals surface area contributed by atoms with E-state index in [1.54, 1.807) is 6.07 Å². The molecule has 0 spiro atoms. The monoisotopic (exact) mass is 305 g/mol. The van der Waals surface area contributed by atoms with Crippen LogP contribution in [0.25, 0.3) is 0 Å². The third kappa shape index (κ3) is 4.06. The summed E-state index contributed by atoms with van der Waals surface area (Å²) in [7, 11) is 0. The van der Waals surface area contributed by atoms with Crippen molar-refractivity contribution in [1.29, 1.82) is 0 Å². The fourth-order valence-electron chi connectivity index (χ4n) is 3.26. The van der Waals surface area contributed by atoms with Crippen molar-refractivity contribution < 1.29 is 14.5 Å². The molecule has 5 nitrogen and oxygen atoms in total. The Morgan fingerprint density at radius 1 is 1.36 bits per heavy atom. The standard InChI is InChI=1S/C17H23NO4/c1-2-14(15-6-4-3-5-7-15)12-22-17-9-8-13(11-19)10-16(17)18(20)21/h8-11,14-15H,2-7,12H2,1H3. The summed E-state index contributed by atoms with van der Waals surface area (Å²) in [6.45, 7) is 2.65. The van der Waals surface area contributed by atoms with Crippen LogP contribution in [0.3, 0.4) is 0 Å². The van der Waals surface area contributed by atoms with Gasteiger partial charge in [-0.2, -0.15) is 0 Å². The number of hydrogen-bond donors (Lipinski definition) is 0. The first-order chi connectivity index (χ1) is 10.7. The quantitative estimate of drug-likeness (QED) is 0.425. The first-order valence-electron chi connectivity index (χ1n) is 8.02. The maximum atomic E-state index is 11.1. The van der Waals surface area contributed by atoms with Crippen LogP contribution in [0.4, 0.5) is 5.69 Å². The van der Waals surface area contributed by atoms with Crippen LogP contribution < -0.4 is 4.74 Å². The summed E-state index contributed by atoms with van der Waals surface area (Å²) >= 11 is 0. The van der Waals surface area contributed by atoms with Crippen molar-refractivity contribution in [3.8, 4) is 5.75 Å². The summed E-state index contributed by atoms with van der Waals surface area (Å²) < 4.78 is 5.75. The molecule has 0 aromatic heterocycles. The Morgan fingerprint density at radius 2 is 2.09 bits per heavy atom. The number of nitro groups is 1. The maximum Gasteiger partial charge on any atom is 0.311 e. The molecule has 1 aromatic carbocycles. The second kappa shape index (κ2) is 7.92. The highest BCUT2D eigenvalue weighted by atomic mass is 16.6. The van der Waals surface area contributed by atoms with Gasteiger partial charge in [0.1, 0.15) is 6.29 Å². The van der Waals surface area contributed by atoms with E-state index >= 15 is 0 Å². The minimum Gasteiger partial charge on any atom is -0.487 e. The first kappa shape index (κ1) is 16.5. The molecule has 0 bridgehead atoms. The van der Waals surface area contributed by atoms with Crippen LogP contribution in [0.2, 0.25) is 0 Å². The smallest absolute Gasteiger partial charge is 0.311 e. The topological polar surface area (TPSA) is 69.4 Å². The van der Waals surface area contributed by atoms with Crippen LogP contribution in [0, 0.1) is 22.0 Å². The molecule has 1 atom stereocenters. The Labute approximate surface area is 130 Å². The van der Waals surface area contributed by atoms with Crippen molar-refractivity contribution in [2.45, 2.75) is 45.4 Å². The van der Waals surface area contributed by atoms with Crippen molar-refractivity contribution in [3.63, 3.8) is 0 Å². The van der Waals surface area contributed by atoms with Gasteiger partial charge in [-0.3, -0.25) is 14.9 Å². The fraction of sp³-hybridized carbons (Fsp3) is 0.588. The zero-order valence-corrected chi connectivity index (χ0v) is 13.0. The van der Waals surface area contributed by atoms with E-state index in [0.29, 0.717) is 30.3 Å². The predicted octanol–water partition coefficient (Wildman–Crippen LogP) is 4.39. The molecule has 0 heterocycles. The zero-order valence-electron chi connectivity index (χ0n) is 13.0. The Morgan fingerprint density at radius 3 is 2.68 bits per heavy atom. The highest BCUT2D eigenvalue weighted by Gasteiger charge is 2.24. The van der Waals surface area contributed by atoms with Gasteiger partial charge in [0.2, 0.25) is 0 Å². The number of nitrogens with zero attached hydrogens (tertiary/aromatic N) is 1. The van der Waals surface area contributed by atoms with E-state index < -0.39 is 4.92 Å². The van der Waals surface area contributed by atoms with Crippen molar-refractivity contribution in [2.75, 3.05) is 6.61 Å². The second-order valence-electron chi connectivity index (χ2n) is 5.98. The molecule has 1 aliphatic rings. The summed E-state index contributed by atoms with van der Waals surface area (Å²) in [6.07, 6.45) is 7.94. The Kier molecular flexibility index (Phi) is 5.92. The summed E-state index contributed by atoms with van der Waals surface area (Å²) in [5, 5.41) is 11.1. The van der Waals surface area contributed by atoms with E-state index in [1.165, 1.54) is 44.2 Å². The highest BCUT2D eigenvalue weighted by molar-refractivity contribution is 5.77. The fourth-order valence-corrected chi connectivity index (χ4v) is 3.26. The van der Waals surface area contributed by atoms with Crippen LogP contribution in [-0.4, -0.2) is 17.8 Å². The minimum absolute atomic E-state index is 0.136. The number of benzene rings is 1. The van der Waals surface area contributed by atoms with Gasteiger partial charge in [0.15, 0.2) is 5.75 Å². The molecule has 1 fully saturated rings. The molecule has 0 saturated heterocycles. The van der Waals surface area contributed by atoms with Gasteiger partial charge < -0.3 is 4.74 Å². The molecule has 0 amide bonds. The SMILES string of the molecule is CCC(COc1ccc(C=O)cc1[N+](=O)[O-])C1CCCCC1. The normalized spacial score (nSPS) is 17.0. The Bertz CT molecular complexity index is 523. The zero-order chi connectivity index (χ0) is 15.9. The number of nitro benzene ring substituents is 1. The van der Waals surface area contributed by atoms with Crippen molar-refractivity contribution in [1.82, 2.24) is 0 Å². The van der Waals surface area contributed by atoms with Gasteiger partial charge in [0, 0.05) is 11.6 Å². The molecule has 5 heteroatoms. The minimum atomic E-state index is -0.496. The van der Waals surface area contributed by atoms with Gasteiger partial charge in [-0.15, -0.1) is 0 Å². The summed E-state index contributed by atoms with van der Waals surface area (Å²) in [5.74, 6) is 1.35. The average molecular weight is 305 g/mol. The van der Waals surface area contributed by atoms with Gasteiger partial charge in [-0.25, -0.2) is 0 Å². The van der Waals surface area contributed by atoms with Crippen LogP contribution in [0.15, 0.2) is 18.2 Å². The summed E-state index contributed by atoms with van der Waals surface area (Å²) in [6, 6.07) is 4.34. The molecule has 120 valence electrons. The van der Waals surface area contributed by atoms with E-state index in [2.05, 4.69) is 6.92 Å². The second-order valence-corrected chi connectivity index (χ2v) is 5.98. The molecule has 0 aliphatic heterocycles. The molecular formula is C17H23NO4. The Hall–Kier alpha value is -1.91. The van der Waals surface area contributed by atoms with Crippen molar-refractivity contribution in [3.05, 3.63) is 33.9 Å². The van der Waals surface area contributed by atoms with Crippen LogP contribution >= 0.6 is 0 Å². The van der Waals surface area contributed by atoms with Crippen molar-refractivity contribution in [2.24, 2.45) is 11.8 Å². The molecule has 1 aliphatic carbocycles. The number of carbonyl (C=O) groups excluding carboxylic acids is 1. The lowest BCUT2D eigenvalue weighted by Gasteiger charge is -2.29. The lowest BCUT2D eigenvalue weighted by molar-refractivity contribution is -0.385. The van der Waals surface area contributed by atoms with E-state index in [4.69, 9.17) is 4.74 Å². The summed E-state index contributed by atoms with van der Waals surface area (Å²) in [4.78, 5) is 21.4. The van der Waals surface area contributed by atoms with Crippen molar-refractivity contribution >= 4 is 12.0 Å². The molecule has 0 N–H and O–H groups in total. The third-order valence-corrected chi connectivity index (χ3v) is 4.61. The number of aldehydes is 1. The van der Waals surface area contributed by atoms with E-state index in [0.717, 1.165) is 6.42 Å². The van der Waals surface area contributed by atoms with Gasteiger partial charge in [0.05, 0.1) is 11.5 Å². The maximum absolute atomic E-state index is 11.1. The van der Waals surface area contributed by atoms with E-state index in [-0.39, 0.29) is 11.4 Å². The molecule has 0 radical (unpaired) electrons. The van der Waals surface area contributed by atoms with E-state index in [1.807, 2.05) is 0 Å². The van der Waals surface area contributed by atoms with Gasteiger partial charge in [-0.05, 0) is 30.4 Å². The Balaban J connectivity index is 2.05. The van der Waals surface area contributed by atoms with Crippen LogP contribution in [0.1, 0.15) is 55.8 Å². The average Bonchev–Trinajstić information content (AvgIpc) is 2.56. The number of carbonyl (C=O) groups is 1.